The van der Waals surface area contributed by atoms with Crippen LogP contribution < -0.4 is 0 Å². The van der Waals surface area contributed by atoms with Crippen molar-refractivity contribution in [3.8, 4) is 5.75 Å². The summed E-state index contributed by atoms with van der Waals surface area (Å²) in [6, 6.07) is 5.44. The number of aromatic hydroxyl groups is 1. The third-order valence-corrected chi connectivity index (χ3v) is 3.00. The van der Waals surface area contributed by atoms with E-state index in [4.69, 9.17) is 9.84 Å². The predicted molar refractivity (Wildman–Crippen MR) is 65.8 cm³/mol. The summed E-state index contributed by atoms with van der Waals surface area (Å²) in [6.45, 7) is 0.630. The summed E-state index contributed by atoms with van der Waals surface area (Å²) < 4.78 is 5.08. The van der Waals surface area contributed by atoms with Gasteiger partial charge in [-0.25, -0.2) is 4.79 Å². The molecule has 2 rings (SSSR count). The molecule has 1 atom stereocenters. The van der Waals surface area contributed by atoms with Crippen molar-refractivity contribution in [3.63, 3.8) is 0 Å². The van der Waals surface area contributed by atoms with E-state index in [1.54, 1.807) is 12.1 Å². The number of phenols is 1. The van der Waals surface area contributed by atoms with E-state index in [9.17, 15) is 14.7 Å². The van der Waals surface area contributed by atoms with Crippen molar-refractivity contribution in [3.05, 3.63) is 29.8 Å². The summed E-state index contributed by atoms with van der Waals surface area (Å²) in [4.78, 5) is 24.5. The summed E-state index contributed by atoms with van der Waals surface area (Å²) >= 11 is 0. The number of morpholine rings is 1. The number of hydrogen-bond donors (Lipinski definition) is 2. The molecule has 1 heterocycles. The number of amides is 1. The Labute approximate surface area is 110 Å². The van der Waals surface area contributed by atoms with E-state index >= 15 is 0 Å². The van der Waals surface area contributed by atoms with Gasteiger partial charge in [-0.05, 0) is 17.7 Å². The summed E-state index contributed by atoms with van der Waals surface area (Å²) in [5.74, 6) is -1.26. The molecular formula is C13H15NO5. The molecule has 19 heavy (non-hydrogen) atoms. The van der Waals surface area contributed by atoms with Gasteiger partial charge in [0.05, 0.1) is 19.6 Å². The minimum Gasteiger partial charge on any atom is -0.508 e. The molecule has 0 aromatic heterocycles. The fourth-order valence-electron chi connectivity index (χ4n) is 2.05. The number of ether oxygens (including phenoxy) is 1. The Morgan fingerprint density at radius 3 is 2.89 bits per heavy atom. The zero-order chi connectivity index (χ0) is 13.8. The van der Waals surface area contributed by atoms with Gasteiger partial charge in [-0.3, -0.25) is 4.79 Å². The number of phenolic OH excluding ortho intramolecular Hbond substituents is 1. The van der Waals surface area contributed by atoms with Crippen molar-refractivity contribution in [2.75, 3.05) is 19.8 Å². The van der Waals surface area contributed by atoms with Crippen LogP contribution >= 0.6 is 0 Å². The first-order chi connectivity index (χ1) is 9.08. The topological polar surface area (TPSA) is 87.1 Å². The van der Waals surface area contributed by atoms with Crippen molar-refractivity contribution in [2.45, 2.75) is 12.5 Å². The number of carbonyl (C=O) groups excluding carboxylic acids is 1. The normalized spacial score (nSPS) is 19.2. The van der Waals surface area contributed by atoms with Gasteiger partial charge in [-0.1, -0.05) is 12.1 Å². The molecule has 6 nitrogen and oxygen atoms in total. The summed E-state index contributed by atoms with van der Waals surface area (Å²) in [7, 11) is 0. The lowest BCUT2D eigenvalue weighted by molar-refractivity contribution is -0.158. The maximum atomic E-state index is 12.1. The van der Waals surface area contributed by atoms with Gasteiger partial charge in [0.2, 0.25) is 5.91 Å². The van der Waals surface area contributed by atoms with Crippen LogP contribution in [0.4, 0.5) is 0 Å². The van der Waals surface area contributed by atoms with Crippen LogP contribution in [0.15, 0.2) is 24.3 Å². The number of hydrogen-bond acceptors (Lipinski definition) is 4. The number of carbonyl (C=O) groups is 2. The number of benzene rings is 1. The minimum atomic E-state index is -1.07. The predicted octanol–water partition coefficient (Wildman–Crippen LogP) is 0.247. The molecule has 0 radical (unpaired) electrons. The van der Waals surface area contributed by atoms with Crippen LogP contribution in [-0.4, -0.2) is 52.8 Å². The van der Waals surface area contributed by atoms with Crippen LogP contribution in [0.25, 0.3) is 0 Å². The van der Waals surface area contributed by atoms with E-state index in [0.29, 0.717) is 12.2 Å². The minimum absolute atomic E-state index is 0.0150. The van der Waals surface area contributed by atoms with E-state index in [1.807, 2.05) is 0 Å². The third-order valence-electron chi connectivity index (χ3n) is 3.00. The van der Waals surface area contributed by atoms with Crippen molar-refractivity contribution in [1.29, 1.82) is 0 Å². The van der Waals surface area contributed by atoms with Gasteiger partial charge >= 0.3 is 5.97 Å². The highest BCUT2D eigenvalue weighted by Gasteiger charge is 2.32. The largest absolute Gasteiger partial charge is 0.508 e. The zero-order valence-corrected chi connectivity index (χ0v) is 10.3. The Kier molecular flexibility index (Phi) is 4.01. The fourth-order valence-corrected chi connectivity index (χ4v) is 2.05. The van der Waals surface area contributed by atoms with Gasteiger partial charge in [0.1, 0.15) is 5.75 Å². The van der Waals surface area contributed by atoms with E-state index in [2.05, 4.69) is 0 Å². The Balaban J connectivity index is 2.07. The highest BCUT2D eigenvalue weighted by molar-refractivity contribution is 5.85. The second kappa shape index (κ2) is 5.71. The first-order valence-corrected chi connectivity index (χ1v) is 5.96. The number of nitrogens with zero attached hydrogens (tertiary/aromatic N) is 1. The second-order valence-electron chi connectivity index (χ2n) is 4.36. The van der Waals surface area contributed by atoms with Crippen molar-refractivity contribution in [1.82, 2.24) is 4.90 Å². The average molecular weight is 265 g/mol. The van der Waals surface area contributed by atoms with Gasteiger partial charge in [0.15, 0.2) is 6.04 Å². The molecule has 2 N–H and O–H groups in total. The Bertz CT molecular complexity index is 488. The maximum Gasteiger partial charge on any atom is 0.328 e. The smallest absolute Gasteiger partial charge is 0.328 e. The highest BCUT2D eigenvalue weighted by atomic mass is 16.5. The molecule has 0 spiro atoms. The Hall–Kier alpha value is -2.08. The average Bonchev–Trinajstić information content (AvgIpc) is 2.38. The lowest BCUT2D eigenvalue weighted by atomic mass is 10.1. The summed E-state index contributed by atoms with van der Waals surface area (Å²) in [6.07, 6.45) is 0.0676. The SMILES string of the molecule is O=C(O)C1COCCN1C(=O)Cc1cccc(O)c1. The van der Waals surface area contributed by atoms with Crippen LogP contribution in [-0.2, 0) is 20.7 Å². The van der Waals surface area contributed by atoms with Crippen LogP contribution in [0.3, 0.4) is 0 Å². The molecule has 1 unspecified atom stereocenters. The highest BCUT2D eigenvalue weighted by Crippen LogP contribution is 2.14. The second-order valence-corrected chi connectivity index (χ2v) is 4.36. The molecular weight excluding hydrogens is 250 g/mol. The number of aliphatic carboxylic acids is 1. The molecule has 1 aliphatic rings. The van der Waals surface area contributed by atoms with Gasteiger partial charge in [0.25, 0.3) is 0 Å². The van der Waals surface area contributed by atoms with E-state index in [-0.39, 0.29) is 31.2 Å². The van der Waals surface area contributed by atoms with Crippen LogP contribution in [0.5, 0.6) is 5.75 Å². The van der Waals surface area contributed by atoms with E-state index in [0.717, 1.165) is 0 Å². The number of carboxylic acid groups (broad SMARTS) is 1. The van der Waals surface area contributed by atoms with Crippen LogP contribution in [0.1, 0.15) is 5.56 Å². The molecule has 102 valence electrons. The lowest BCUT2D eigenvalue weighted by Gasteiger charge is -2.32. The number of rotatable bonds is 3. The first-order valence-electron chi connectivity index (χ1n) is 5.96. The summed E-state index contributed by atoms with van der Waals surface area (Å²) in [5.41, 5.74) is 0.653. The van der Waals surface area contributed by atoms with Crippen molar-refractivity contribution < 1.29 is 24.5 Å². The standard InChI is InChI=1S/C13H15NO5/c15-10-3-1-2-9(6-10)7-12(16)14-4-5-19-8-11(14)13(17)18/h1-3,6,11,15H,4-5,7-8H2,(H,17,18). The first kappa shape index (κ1) is 13.4. The van der Waals surface area contributed by atoms with Crippen molar-refractivity contribution in [2.24, 2.45) is 0 Å². The molecule has 1 fully saturated rings. The Morgan fingerprint density at radius 1 is 1.42 bits per heavy atom. The van der Waals surface area contributed by atoms with Crippen molar-refractivity contribution >= 4 is 11.9 Å². The third kappa shape index (κ3) is 3.23. The molecule has 1 aliphatic heterocycles. The molecule has 1 amide bonds. The molecule has 0 bridgehead atoms. The monoisotopic (exact) mass is 265 g/mol. The van der Waals surface area contributed by atoms with E-state index < -0.39 is 12.0 Å². The van der Waals surface area contributed by atoms with Gasteiger partial charge in [0, 0.05) is 6.54 Å². The molecule has 6 heteroatoms. The van der Waals surface area contributed by atoms with Gasteiger partial charge in [-0.2, -0.15) is 0 Å². The molecule has 1 aromatic carbocycles. The molecule has 1 saturated heterocycles. The number of carboxylic acids is 1. The molecule has 0 aliphatic carbocycles. The maximum absolute atomic E-state index is 12.1. The Morgan fingerprint density at radius 2 is 2.21 bits per heavy atom. The molecule has 1 aromatic rings. The van der Waals surface area contributed by atoms with Crippen LogP contribution in [0, 0.1) is 0 Å². The summed E-state index contributed by atoms with van der Waals surface area (Å²) in [5, 5.41) is 18.4. The quantitative estimate of drug-likeness (QED) is 0.818. The molecule has 0 saturated carbocycles. The van der Waals surface area contributed by atoms with Gasteiger partial charge in [-0.15, -0.1) is 0 Å². The van der Waals surface area contributed by atoms with Gasteiger partial charge < -0.3 is 19.8 Å². The zero-order valence-electron chi connectivity index (χ0n) is 10.3. The van der Waals surface area contributed by atoms with Crippen LogP contribution in [0.2, 0.25) is 0 Å². The lowest BCUT2D eigenvalue weighted by Crippen LogP contribution is -2.53. The van der Waals surface area contributed by atoms with E-state index in [1.165, 1.54) is 17.0 Å². The fraction of sp³-hybridized carbons (Fsp3) is 0.385.